The number of hydrogen-bond donors (Lipinski definition) is 1. The lowest BCUT2D eigenvalue weighted by Crippen LogP contribution is -2.66. The van der Waals surface area contributed by atoms with Crippen molar-refractivity contribution in [1.82, 2.24) is 10.2 Å². The molecule has 6 nitrogen and oxygen atoms in total. The van der Waals surface area contributed by atoms with E-state index in [1.165, 1.54) is 7.11 Å². The molecule has 3 rings (SSSR count). The molecule has 25 heavy (non-hydrogen) atoms. The van der Waals surface area contributed by atoms with Gasteiger partial charge in [-0.1, -0.05) is 36.8 Å². The Hall–Kier alpha value is -2.37. The molecule has 1 N–H and O–H groups in total. The number of carbonyl (C=O) groups excluding carboxylic acids is 3. The van der Waals surface area contributed by atoms with E-state index in [0.717, 1.165) is 24.8 Å². The van der Waals surface area contributed by atoms with Crippen molar-refractivity contribution in [3.05, 3.63) is 35.9 Å². The van der Waals surface area contributed by atoms with Crippen LogP contribution in [0.3, 0.4) is 0 Å². The first-order valence-corrected chi connectivity index (χ1v) is 8.72. The van der Waals surface area contributed by atoms with Crippen LogP contribution < -0.4 is 5.32 Å². The minimum absolute atomic E-state index is 0.132. The van der Waals surface area contributed by atoms with Crippen LogP contribution in [0.1, 0.15) is 24.8 Å². The van der Waals surface area contributed by atoms with Crippen molar-refractivity contribution >= 4 is 17.8 Å². The minimum atomic E-state index is -0.672. The average Bonchev–Trinajstić information content (AvgIpc) is 2.54. The number of ether oxygens (including phenoxy) is 1. The largest absolute Gasteiger partial charge is 0.468 e. The van der Waals surface area contributed by atoms with Crippen LogP contribution in [0, 0.1) is 11.3 Å². The van der Waals surface area contributed by atoms with Gasteiger partial charge >= 0.3 is 5.97 Å². The van der Waals surface area contributed by atoms with Gasteiger partial charge in [-0.2, -0.15) is 0 Å². The molecule has 1 heterocycles. The molecule has 0 aromatic heterocycles. The fraction of sp³-hybridized carbons (Fsp3) is 0.526. The van der Waals surface area contributed by atoms with E-state index in [0.29, 0.717) is 19.5 Å². The summed E-state index contributed by atoms with van der Waals surface area (Å²) in [5, 5.41) is 2.66. The Balaban J connectivity index is 1.68. The van der Waals surface area contributed by atoms with Gasteiger partial charge in [0.05, 0.1) is 12.5 Å². The summed E-state index contributed by atoms with van der Waals surface area (Å²) in [6, 6.07) is 9.76. The molecule has 1 aliphatic heterocycles. The summed E-state index contributed by atoms with van der Waals surface area (Å²) in [6.07, 6.45) is 3.57. The van der Waals surface area contributed by atoms with Crippen LogP contribution in [0.2, 0.25) is 0 Å². The van der Waals surface area contributed by atoms with Gasteiger partial charge in [-0.15, -0.1) is 0 Å². The van der Waals surface area contributed by atoms with Crippen molar-refractivity contribution in [2.24, 2.45) is 11.3 Å². The van der Waals surface area contributed by atoms with E-state index in [2.05, 4.69) is 10.1 Å². The van der Waals surface area contributed by atoms with Crippen molar-refractivity contribution in [3.8, 4) is 0 Å². The molecule has 0 atom stereocenters. The summed E-state index contributed by atoms with van der Waals surface area (Å²) < 4.78 is 4.58. The smallest absolute Gasteiger partial charge is 0.325 e. The van der Waals surface area contributed by atoms with E-state index < -0.39 is 11.4 Å². The molecule has 1 aromatic carbocycles. The monoisotopic (exact) mass is 344 g/mol. The predicted molar refractivity (Wildman–Crippen MR) is 91.5 cm³/mol. The highest BCUT2D eigenvalue weighted by atomic mass is 16.5. The third-order valence-corrected chi connectivity index (χ3v) is 5.24. The quantitative estimate of drug-likeness (QED) is 0.786. The van der Waals surface area contributed by atoms with Gasteiger partial charge in [-0.05, 0) is 24.8 Å². The van der Waals surface area contributed by atoms with Gasteiger partial charge in [0.2, 0.25) is 11.8 Å². The maximum atomic E-state index is 12.7. The Kier molecular flexibility index (Phi) is 5.06. The standard InChI is InChI=1S/C19H24N2O4/c1-25-16(22)11-20-18(24)19(10-14-6-3-2-4-7-14)12-21(13-19)17(23)15-8-5-9-15/h2-4,6-7,15H,5,8-13H2,1H3,(H,20,24). The summed E-state index contributed by atoms with van der Waals surface area (Å²) >= 11 is 0. The van der Waals surface area contributed by atoms with E-state index in [4.69, 9.17) is 0 Å². The Morgan fingerprint density at radius 2 is 1.88 bits per heavy atom. The van der Waals surface area contributed by atoms with Crippen molar-refractivity contribution in [3.63, 3.8) is 0 Å². The molecule has 1 aliphatic carbocycles. The topological polar surface area (TPSA) is 75.7 Å². The van der Waals surface area contributed by atoms with Crippen LogP contribution in [-0.2, 0) is 25.5 Å². The van der Waals surface area contributed by atoms with E-state index >= 15 is 0 Å². The highest BCUT2D eigenvalue weighted by molar-refractivity contribution is 5.90. The SMILES string of the molecule is COC(=O)CNC(=O)C1(Cc2ccccc2)CN(C(=O)C2CCC2)C1. The van der Waals surface area contributed by atoms with Gasteiger partial charge in [0.15, 0.2) is 0 Å². The molecule has 2 fully saturated rings. The molecule has 2 amide bonds. The van der Waals surface area contributed by atoms with Gasteiger partial charge in [-0.25, -0.2) is 0 Å². The Morgan fingerprint density at radius 1 is 1.20 bits per heavy atom. The normalized spacial score (nSPS) is 18.7. The maximum Gasteiger partial charge on any atom is 0.325 e. The molecule has 0 bridgehead atoms. The molecule has 0 unspecified atom stereocenters. The van der Waals surface area contributed by atoms with Gasteiger partial charge in [0, 0.05) is 19.0 Å². The Labute approximate surface area is 147 Å². The number of nitrogens with one attached hydrogen (secondary N) is 1. The van der Waals surface area contributed by atoms with E-state index in [1.54, 1.807) is 4.90 Å². The molecule has 1 aromatic rings. The molecule has 0 spiro atoms. The summed E-state index contributed by atoms with van der Waals surface area (Å²) in [5.74, 6) is -0.382. The summed E-state index contributed by atoms with van der Waals surface area (Å²) in [6.45, 7) is 0.664. The van der Waals surface area contributed by atoms with Crippen LogP contribution >= 0.6 is 0 Å². The van der Waals surface area contributed by atoms with Crippen LogP contribution in [0.5, 0.6) is 0 Å². The number of nitrogens with zero attached hydrogens (tertiary/aromatic N) is 1. The predicted octanol–water partition coefficient (Wildman–Crippen LogP) is 1.15. The maximum absolute atomic E-state index is 12.7. The summed E-state index contributed by atoms with van der Waals surface area (Å²) in [5.41, 5.74) is 0.376. The zero-order valence-electron chi connectivity index (χ0n) is 14.5. The number of esters is 1. The first-order valence-electron chi connectivity index (χ1n) is 8.72. The second-order valence-corrected chi connectivity index (χ2v) is 7.02. The molecule has 6 heteroatoms. The number of hydrogen-bond acceptors (Lipinski definition) is 4. The molecule has 0 radical (unpaired) electrons. The highest BCUT2D eigenvalue weighted by Crippen LogP contribution is 2.38. The summed E-state index contributed by atoms with van der Waals surface area (Å²) in [4.78, 5) is 38.2. The zero-order valence-corrected chi connectivity index (χ0v) is 14.5. The fourth-order valence-corrected chi connectivity index (χ4v) is 3.49. The molecule has 1 saturated heterocycles. The van der Waals surface area contributed by atoms with Crippen molar-refractivity contribution in [2.45, 2.75) is 25.7 Å². The van der Waals surface area contributed by atoms with E-state index in [-0.39, 0.29) is 24.3 Å². The van der Waals surface area contributed by atoms with Gasteiger partial charge in [0.25, 0.3) is 0 Å². The fourth-order valence-electron chi connectivity index (χ4n) is 3.49. The van der Waals surface area contributed by atoms with Crippen molar-refractivity contribution < 1.29 is 19.1 Å². The Morgan fingerprint density at radius 3 is 2.44 bits per heavy atom. The minimum Gasteiger partial charge on any atom is -0.468 e. The molecule has 134 valence electrons. The number of amides is 2. The zero-order chi connectivity index (χ0) is 17.9. The number of carbonyl (C=O) groups is 3. The number of benzene rings is 1. The number of rotatable bonds is 6. The lowest BCUT2D eigenvalue weighted by atomic mass is 9.72. The van der Waals surface area contributed by atoms with Crippen LogP contribution in [0.15, 0.2) is 30.3 Å². The molecule has 2 aliphatic rings. The third kappa shape index (κ3) is 3.67. The van der Waals surface area contributed by atoms with Gasteiger partial charge < -0.3 is 15.0 Å². The van der Waals surface area contributed by atoms with Crippen LogP contribution in [0.25, 0.3) is 0 Å². The van der Waals surface area contributed by atoms with Crippen LogP contribution in [-0.4, -0.2) is 49.4 Å². The second kappa shape index (κ2) is 7.25. The van der Waals surface area contributed by atoms with E-state index in [9.17, 15) is 14.4 Å². The number of methoxy groups -OCH3 is 1. The first kappa shape index (κ1) is 17.5. The highest BCUT2D eigenvalue weighted by Gasteiger charge is 2.52. The summed E-state index contributed by atoms with van der Waals surface area (Å²) in [7, 11) is 1.29. The lowest BCUT2D eigenvalue weighted by Gasteiger charge is -2.50. The lowest BCUT2D eigenvalue weighted by molar-refractivity contribution is -0.159. The molecular formula is C19H24N2O4. The van der Waals surface area contributed by atoms with E-state index in [1.807, 2.05) is 30.3 Å². The first-order chi connectivity index (χ1) is 12.0. The molecular weight excluding hydrogens is 320 g/mol. The van der Waals surface area contributed by atoms with Crippen molar-refractivity contribution in [2.75, 3.05) is 26.7 Å². The van der Waals surface area contributed by atoms with Crippen molar-refractivity contribution in [1.29, 1.82) is 0 Å². The third-order valence-electron chi connectivity index (χ3n) is 5.24. The molecule has 1 saturated carbocycles. The van der Waals surface area contributed by atoms with Gasteiger partial charge in [-0.3, -0.25) is 14.4 Å². The van der Waals surface area contributed by atoms with Crippen LogP contribution in [0.4, 0.5) is 0 Å². The second-order valence-electron chi connectivity index (χ2n) is 7.02. The number of likely N-dealkylation sites (tertiary alicyclic amines) is 1. The Bertz CT molecular complexity index is 649. The average molecular weight is 344 g/mol. The van der Waals surface area contributed by atoms with Gasteiger partial charge in [0.1, 0.15) is 6.54 Å².